The molecule has 0 radical (unpaired) electrons. The van der Waals surface area contributed by atoms with Crippen LogP contribution in [0.2, 0.25) is 0 Å². The van der Waals surface area contributed by atoms with Crippen molar-refractivity contribution in [3.63, 3.8) is 0 Å². The standard InChI is InChI=1S/C7H14N4O/c1-3-6(12)4-8-7-5-9-10-11(7)2/h5-6,8,12H,3-4H2,1-2H3. The highest BCUT2D eigenvalue weighted by Gasteiger charge is 2.02. The van der Waals surface area contributed by atoms with E-state index in [1.807, 2.05) is 6.92 Å². The molecule has 1 atom stereocenters. The summed E-state index contributed by atoms with van der Waals surface area (Å²) >= 11 is 0. The minimum Gasteiger partial charge on any atom is -0.391 e. The van der Waals surface area contributed by atoms with Gasteiger partial charge in [0.1, 0.15) is 5.82 Å². The van der Waals surface area contributed by atoms with Crippen molar-refractivity contribution in [3.05, 3.63) is 6.20 Å². The molecule has 0 spiro atoms. The Hall–Kier alpha value is -1.10. The molecule has 0 bridgehead atoms. The van der Waals surface area contributed by atoms with E-state index in [0.29, 0.717) is 6.54 Å². The number of rotatable bonds is 4. The third-order valence-corrected chi connectivity index (χ3v) is 1.70. The zero-order chi connectivity index (χ0) is 8.97. The van der Waals surface area contributed by atoms with Gasteiger partial charge in [-0.2, -0.15) is 0 Å². The smallest absolute Gasteiger partial charge is 0.144 e. The van der Waals surface area contributed by atoms with Crippen molar-refractivity contribution < 1.29 is 5.11 Å². The number of aliphatic hydroxyl groups excluding tert-OH is 1. The maximum absolute atomic E-state index is 9.24. The van der Waals surface area contributed by atoms with Gasteiger partial charge in [-0.25, -0.2) is 4.68 Å². The molecule has 1 unspecified atom stereocenters. The summed E-state index contributed by atoms with van der Waals surface area (Å²) < 4.78 is 1.63. The van der Waals surface area contributed by atoms with Gasteiger partial charge in [0.25, 0.3) is 0 Å². The van der Waals surface area contributed by atoms with Gasteiger partial charge in [-0.3, -0.25) is 0 Å². The van der Waals surface area contributed by atoms with Gasteiger partial charge < -0.3 is 10.4 Å². The van der Waals surface area contributed by atoms with E-state index in [9.17, 15) is 5.11 Å². The van der Waals surface area contributed by atoms with E-state index in [4.69, 9.17) is 0 Å². The molecular formula is C7H14N4O. The van der Waals surface area contributed by atoms with Crippen molar-refractivity contribution in [1.82, 2.24) is 15.0 Å². The molecule has 1 aromatic heterocycles. The normalized spacial score (nSPS) is 12.9. The number of aromatic nitrogens is 3. The van der Waals surface area contributed by atoms with Crippen molar-refractivity contribution in [3.8, 4) is 0 Å². The van der Waals surface area contributed by atoms with Crippen molar-refractivity contribution in [2.45, 2.75) is 19.4 Å². The number of aryl methyl sites for hydroxylation is 1. The number of nitrogens with one attached hydrogen (secondary N) is 1. The second-order valence-corrected chi connectivity index (χ2v) is 2.69. The van der Waals surface area contributed by atoms with Gasteiger partial charge in [0.05, 0.1) is 12.3 Å². The topological polar surface area (TPSA) is 63.0 Å². The lowest BCUT2D eigenvalue weighted by atomic mass is 10.3. The SMILES string of the molecule is CCC(O)CNc1cnnn1C. The van der Waals surface area contributed by atoms with E-state index >= 15 is 0 Å². The first kappa shape index (κ1) is 8.99. The molecule has 1 aromatic rings. The highest BCUT2D eigenvalue weighted by atomic mass is 16.3. The van der Waals surface area contributed by atoms with Crippen LogP contribution in [0, 0.1) is 0 Å². The number of aliphatic hydroxyl groups is 1. The van der Waals surface area contributed by atoms with Crippen molar-refractivity contribution in [1.29, 1.82) is 0 Å². The molecule has 0 saturated heterocycles. The molecule has 0 aliphatic heterocycles. The molecule has 0 fully saturated rings. The molecule has 0 aromatic carbocycles. The van der Waals surface area contributed by atoms with E-state index in [1.165, 1.54) is 0 Å². The summed E-state index contributed by atoms with van der Waals surface area (Å²) in [6.45, 7) is 2.48. The van der Waals surface area contributed by atoms with Crippen LogP contribution in [0.25, 0.3) is 0 Å². The molecule has 0 aliphatic carbocycles. The average Bonchev–Trinajstić information content (AvgIpc) is 2.47. The van der Waals surface area contributed by atoms with Crippen molar-refractivity contribution >= 4 is 5.82 Å². The average molecular weight is 170 g/mol. The summed E-state index contributed by atoms with van der Waals surface area (Å²) in [5.41, 5.74) is 0. The summed E-state index contributed by atoms with van der Waals surface area (Å²) in [5.74, 6) is 0.822. The Labute approximate surface area is 71.4 Å². The second-order valence-electron chi connectivity index (χ2n) is 2.69. The van der Waals surface area contributed by atoms with E-state index in [-0.39, 0.29) is 6.10 Å². The van der Waals surface area contributed by atoms with Gasteiger partial charge >= 0.3 is 0 Å². The van der Waals surface area contributed by atoms with Gasteiger partial charge in [-0.05, 0) is 6.42 Å². The van der Waals surface area contributed by atoms with Crippen LogP contribution in [0.15, 0.2) is 6.20 Å². The molecule has 2 N–H and O–H groups in total. The lowest BCUT2D eigenvalue weighted by Crippen LogP contribution is -2.19. The fraction of sp³-hybridized carbons (Fsp3) is 0.714. The van der Waals surface area contributed by atoms with E-state index in [2.05, 4.69) is 15.6 Å². The van der Waals surface area contributed by atoms with E-state index in [1.54, 1.807) is 17.9 Å². The van der Waals surface area contributed by atoms with Crippen LogP contribution in [0.5, 0.6) is 0 Å². The molecule has 0 saturated carbocycles. The Morgan fingerprint density at radius 2 is 2.50 bits per heavy atom. The largest absolute Gasteiger partial charge is 0.391 e. The number of hydrogen-bond acceptors (Lipinski definition) is 4. The van der Waals surface area contributed by atoms with Crippen LogP contribution >= 0.6 is 0 Å². The predicted octanol–water partition coefficient (Wildman–Crippen LogP) is -0.00210. The van der Waals surface area contributed by atoms with Gasteiger partial charge in [-0.15, -0.1) is 5.10 Å². The summed E-state index contributed by atoms with van der Waals surface area (Å²) in [6.07, 6.45) is 2.07. The van der Waals surface area contributed by atoms with E-state index < -0.39 is 0 Å². The Bertz CT molecular complexity index is 235. The lowest BCUT2D eigenvalue weighted by Gasteiger charge is -2.09. The predicted molar refractivity (Wildman–Crippen MR) is 45.8 cm³/mol. The Kier molecular flexibility index (Phi) is 3.04. The summed E-state index contributed by atoms with van der Waals surface area (Å²) in [4.78, 5) is 0. The van der Waals surface area contributed by atoms with Gasteiger partial charge in [0.15, 0.2) is 0 Å². The van der Waals surface area contributed by atoms with Crippen LogP contribution in [-0.4, -0.2) is 32.7 Å². The summed E-state index contributed by atoms with van der Waals surface area (Å²) in [6, 6.07) is 0. The first-order valence-electron chi connectivity index (χ1n) is 4.00. The molecule has 1 rings (SSSR count). The Morgan fingerprint density at radius 3 is 3.00 bits per heavy atom. The van der Waals surface area contributed by atoms with Gasteiger partial charge in [-0.1, -0.05) is 12.1 Å². The molecule has 12 heavy (non-hydrogen) atoms. The number of anilines is 1. The van der Waals surface area contributed by atoms with Gasteiger partial charge in [0.2, 0.25) is 0 Å². The Balaban J connectivity index is 2.38. The molecule has 5 nitrogen and oxygen atoms in total. The zero-order valence-corrected chi connectivity index (χ0v) is 7.36. The quantitative estimate of drug-likeness (QED) is 0.667. The lowest BCUT2D eigenvalue weighted by molar-refractivity contribution is 0.183. The monoisotopic (exact) mass is 170 g/mol. The second kappa shape index (κ2) is 4.06. The fourth-order valence-electron chi connectivity index (χ4n) is 0.816. The highest BCUT2D eigenvalue weighted by Crippen LogP contribution is 2.01. The molecule has 5 heteroatoms. The fourth-order valence-corrected chi connectivity index (χ4v) is 0.816. The van der Waals surface area contributed by atoms with Crippen molar-refractivity contribution in [2.24, 2.45) is 7.05 Å². The van der Waals surface area contributed by atoms with Crippen LogP contribution in [-0.2, 0) is 7.05 Å². The zero-order valence-electron chi connectivity index (χ0n) is 7.36. The first-order valence-corrected chi connectivity index (χ1v) is 4.00. The number of hydrogen-bond donors (Lipinski definition) is 2. The maximum atomic E-state index is 9.24. The van der Waals surface area contributed by atoms with Crippen LogP contribution in [0.4, 0.5) is 5.82 Å². The molecule has 68 valence electrons. The minimum absolute atomic E-state index is 0.306. The van der Waals surface area contributed by atoms with Crippen LogP contribution in [0.1, 0.15) is 13.3 Å². The molecule has 0 aliphatic rings. The molecule has 0 amide bonds. The minimum atomic E-state index is -0.306. The van der Waals surface area contributed by atoms with Crippen molar-refractivity contribution in [2.75, 3.05) is 11.9 Å². The summed E-state index contributed by atoms with van der Waals surface area (Å²) in [7, 11) is 1.80. The van der Waals surface area contributed by atoms with Gasteiger partial charge in [0, 0.05) is 13.6 Å². The Morgan fingerprint density at radius 1 is 1.75 bits per heavy atom. The van der Waals surface area contributed by atoms with Crippen LogP contribution in [0.3, 0.4) is 0 Å². The third-order valence-electron chi connectivity index (χ3n) is 1.70. The van der Waals surface area contributed by atoms with Crippen LogP contribution < -0.4 is 5.32 Å². The highest BCUT2D eigenvalue weighted by molar-refractivity contribution is 5.30. The number of nitrogens with zero attached hydrogens (tertiary/aromatic N) is 3. The molecule has 1 heterocycles. The van der Waals surface area contributed by atoms with E-state index in [0.717, 1.165) is 12.2 Å². The maximum Gasteiger partial charge on any atom is 0.144 e. The summed E-state index contributed by atoms with van der Waals surface area (Å²) in [5, 5.41) is 19.7. The molecular weight excluding hydrogens is 156 g/mol. The third kappa shape index (κ3) is 2.20. The first-order chi connectivity index (χ1) is 5.74.